The molecule has 0 spiro atoms. The molecule has 0 aliphatic heterocycles. The third kappa shape index (κ3) is 3.02. The Morgan fingerprint density at radius 1 is 1.39 bits per heavy atom. The SMILES string of the molecule is CC(O)CS(=O)(=O)c1cc(C(=O)O)cc(F)c1F. The van der Waals surface area contributed by atoms with Gasteiger partial charge in [0.2, 0.25) is 0 Å². The van der Waals surface area contributed by atoms with Crippen LogP contribution < -0.4 is 0 Å². The van der Waals surface area contributed by atoms with Gasteiger partial charge >= 0.3 is 5.97 Å². The lowest BCUT2D eigenvalue weighted by atomic mass is 10.2. The highest BCUT2D eigenvalue weighted by molar-refractivity contribution is 7.91. The fraction of sp³-hybridized carbons (Fsp3) is 0.300. The number of halogens is 2. The minimum Gasteiger partial charge on any atom is -0.478 e. The highest BCUT2D eigenvalue weighted by Gasteiger charge is 2.25. The van der Waals surface area contributed by atoms with E-state index in [0.717, 1.165) is 6.92 Å². The number of aliphatic hydroxyl groups is 1. The molecule has 0 bridgehead atoms. The zero-order valence-corrected chi connectivity index (χ0v) is 10.0. The van der Waals surface area contributed by atoms with E-state index in [1.807, 2.05) is 0 Å². The molecule has 0 heterocycles. The molecule has 18 heavy (non-hydrogen) atoms. The van der Waals surface area contributed by atoms with Crippen molar-refractivity contribution in [3.8, 4) is 0 Å². The van der Waals surface area contributed by atoms with E-state index in [2.05, 4.69) is 0 Å². The average molecular weight is 280 g/mol. The van der Waals surface area contributed by atoms with Gasteiger partial charge in [0.05, 0.1) is 17.4 Å². The van der Waals surface area contributed by atoms with Crippen LogP contribution in [-0.2, 0) is 9.84 Å². The van der Waals surface area contributed by atoms with Gasteiger partial charge in [0.1, 0.15) is 4.90 Å². The summed E-state index contributed by atoms with van der Waals surface area (Å²) in [5.74, 6) is -5.63. The normalized spacial score (nSPS) is 13.3. The minimum absolute atomic E-state index is 0.388. The maximum atomic E-state index is 13.4. The Hall–Kier alpha value is -1.54. The molecular weight excluding hydrogens is 270 g/mol. The lowest BCUT2D eigenvalue weighted by Crippen LogP contribution is -2.19. The summed E-state index contributed by atoms with van der Waals surface area (Å²) in [6.45, 7) is 1.16. The highest BCUT2D eigenvalue weighted by Crippen LogP contribution is 2.21. The van der Waals surface area contributed by atoms with Crippen molar-refractivity contribution in [3.63, 3.8) is 0 Å². The lowest BCUT2D eigenvalue weighted by Gasteiger charge is -2.09. The van der Waals surface area contributed by atoms with Crippen LogP contribution in [0.2, 0.25) is 0 Å². The molecule has 1 unspecified atom stereocenters. The fourth-order valence-corrected chi connectivity index (χ4v) is 2.81. The summed E-state index contributed by atoms with van der Waals surface area (Å²) in [6.07, 6.45) is -1.29. The Balaban J connectivity index is 3.45. The van der Waals surface area contributed by atoms with Crippen molar-refractivity contribution in [1.29, 1.82) is 0 Å². The first-order valence-electron chi connectivity index (χ1n) is 4.78. The molecule has 1 aromatic carbocycles. The number of aliphatic hydroxyl groups excluding tert-OH is 1. The number of benzene rings is 1. The average Bonchev–Trinajstić information content (AvgIpc) is 2.19. The standard InChI is InChI=1S/C10H10F2O5S/c1-5(13)4-18(16,17)8-3-6(10(14)15)2-7(11)9(8)12/h2-3,5,13H,4H2,1H3,(H,14,15). The second-order valence-corrected chi connectivity index (χ2v) is 5.71. The van der Waals surface area contributed by atoms with Gasteiger partial charge in [-0.2, -0.15) is 0 Å². The second kappa shape index (κ2) is 4.99. The molecule has 8 heteroatoms. The zero-order valence-electron chi connectivity index (χ0n) is 9.22. The summed E-state index contributed by atoms with van der Waals surface area (Å²) in [5.41, 5.74) is -0.682. The summed E-state index contributed by atoms with van der Waals surface area (Å²) in [4.78, 5) is 9.56. The van der Waals surface area contributed by atoms with Crippen LogP contribution in [0.25, 0.3) is 0 Å². The Bertz CT molecular complexity index is 580. The summed E-state index contributed by atoms with van der Waals surface area (Å²) >= 11 is 0. The monoisotopic (exact) mass is 280 g/mol. The maximum absolute atomic E-state index is 13.4. The van der Waals surface area contributed by atoms with Crippen molar-refractivity contribution in [2.75, 3.05) is 5.75 Å². The Labute approximate surface area is 102 Å². The van der Waals surface area contributed by atoms with E-state index < -0.39 is 49.8 Å². The molecule has 0 aromatic heterocycles. The number of carboxylic acids is 1. The summed E-state index contributed by atoms with van der Waals surface area (Å²) < 4.78 is 49.7. The van der Waals surface area contributed by atoms with Gasteiger partial charge in [0.15, 0.2) is 21.5 Å². The molecule has 1 atom stereocenters. The molecule has 0 radical (unpaired) electrons. The first-order valence-corrected chi connectivity index (χ1v) is 6.43. The summed E-state index contributed by atoms with van der Waals surface area (Å²) in [7, 11) is -4.30. The van der Waals surface area contributed by atoms with E-state index in [-0.39, 0.29) is 0 Å². The quantitative estimate of drug-likeness (QED) is 0.851. The molecular formula is C10H10F2O5S. The summed E-state index contributed by atoms with van der Waals surface area (Å²) in [5, 5.41) is 17.6. The predicted molar refractivity (Wildman–Crippen MR) is 57.1 cm³/mol. The number of hydrogen-bond acceptors (Lipinski definition) is 4. The first kappa shape index (κ1) is 14.5. The molecule has 5 nitrogen and oxygen atoms in total. The van der Waals surface area contributed by atoms with Crippen LogP contribution in [-0.4, -0.2) is 36.5 Å². The van der Waals surface area contributed by atoms with E-state index in [1.54, 1.807) is 0 Å². The fourth-order valence-electron chi connectivity index (χ4n) is 1.32. The zero-order chi connectivity index (χ0) is 14.1. The molecule has 0 saturated carbocycles. The topological polar surface area (TPSA) is 91.7 Å². The molecule has 1 aromatic rings. The van der Waals surface area contributed by atoms with Crippen molar-refractivity contribution in [2.24, 2.45) is 0 Å². The van der Waals surface area contributed by atoms with Gasteiger partial charge in [0, 0.05) is 0 Å². The van der Waals surface area contributed by atoms with Gasteiger partial charge in [-0.3, -0.25) is 0 Å². The van der Waals surface area contributed by atoms with Crippen molar-refractivity contribution in [1.82, 2.24) is 0 Å². The van der Waals surface area contributed by atoms with Crippen LogP contribution in [0.4, 0.5) is 8.78 Å². The van der Waals surface area contributed by atoms with Crippen LogP contribution in [0, 0.1) is 11.6 Å². The van der Waals surface area contributed by atoms with Gasteiger partial charge in [-0.15, -0.1) is 0 Å². The predicted octanol–water partition coefficient (Wildman–Crippen LogP) is 0.818. The van der Waals surface area contributed by atoms with E-state index in [0.29, 0.717) is 12.1 Å². The van der Waals surface area contributed by atoms with Gasteiger partial charge in [-0.05, 0) is 19.1 Å². The van der Waals surface area contributed by atoms with Crippen LogP contribution in [0.3, 0.4) is 0 Å². The van der Waals surface area contributed by atoms with Crippen molar-refractivity contribution < 1.29 is 32.2 Å². The smallest absolute Gasteiger partial charge is 0.335 e. The van der Waals surface area contributed by atoms with Crippen molar-refractivity contribution in [3.05, 3.63) is 29.3 Å². The molecule has 2 N–H and O–H groups in total. The highest BCUT2D eigenvalue weighted by atomic mass is 32.2. The van der Waals surface area contributed by atoms with Gasteiger partial charge in [-0.25, -0.2) is 22.0 Å². The molecule has 0 fully saturated rings. The molecule has 0 amide bonds. The second-order valence-electron chi connectivity index (χ2n) is 3.71. The maximum Gasteiger partial charge on any atom is 0.335 e. The van der Waals surface area contributed by atoms with E-state index in [1.165, 1.54) is 0 Å². The third-order valence-electron chi connectivity index (χ3n) is 2.04. The van der Waals surface area contributed by atoms with E-state index >= 15 is 0 Å². The van der Waals surface area contributed by atoms with Gasteiger partial charge in [0.25, 0.3) is 0 Å². The first-order chi connectivity index (χ1) is 8.15. The molecule has 0 saturated heterocycles. The van der Waals surface area contributed by atoms with Crippen LogP contribution in [0.15, 0.2) is 17.0 Å². The van der Waals surface area contributed by atoms with Crippen molar-refractivity contribution >= 4 is 15.8 Å². The Morgan fingerprint density at radius 2 is 1.94 bits per heavy atom. The number of sulfone groups is 1. The molecule has 100 valence electrons. The van der Waals surface area contributed by atoms with Crippen molar-refractivity contribution in [2.45, 2.75) is 17.9 Å². The molecule has 1 rings (SSSR count). The Kier molecular flexibility index (Phi) is 4.02. The van der Waals surface area contributed by atoms with Gasteiger partial charge in [-0.1, -0.05) is 0 Å². The molecule has 0 aliphatic carbocycles. The number of rotatable bonds is 4. The number of hydrogen-bond donors (Lipinski definition) is 2. The third-order valence-corrected chi connectivity index (χ3v) is 3.93. The number of aromatic carboxylic acids is 1. The van der Waals surface area contributed by atoms with Crippen LogP contribution >= 0.6 is 0 Å². The largest absolute Gasteiger partial charge is 0.478 e. The molecule has 0 aliphatic rings. The number of carboxylic acid groups (broad SMARTS) is 1. The van der Waals surface area contributed by atoms with Crippen LogP contribution in [0.5, 0.6) is 0 Å². The van der Waals surface area contributed by atoms with E-state index in [4.69, 9.17) is 10.2 Å². The Morgan fingerprint density at radius 3 is 2.39 bits per heavy atom. The number of carbonyl (C=O) groups is 1. The lowest BCUT2D eigenvalue weighted by molar-refractivity contribution is 0.0696. The van der Waals surface area contributed by atoms with Crippen LogP contribution in [0.1, 0.15) is 17.3 Å². The summed E-state index contributed by atoms with van der Waals surface area (Å²) in [6, 6.07) is 0.914. The minimum atomic E-state index is -4.30. The van der Waals surface area contributed by atoms with Gasteiger partial charge < -0.3 is 10.2 Å². The van der Waals surface area contributed by atoms with E-state index in [9.17, 15) is 22.0 Å².